The number of hydrogen-bond acceptors (Lipinski definition) is 2. The Morgan fingerprint density at radius 1 is 1.26 bits per heavy atom. The van der Waals surface area contributed by atoms with E-state index in [9.17, 15) is 27.2 Å². The lowest BCUT2D eigenvalue weighted by Gasteiger charge is -2.31. The summed E-state index contributed by atoms with van der Waals surface area (Å²) in [6, 6.07) is 0. The van der Waals surface area contributed by atoms with Crippen molar-refractivity contribution in [1.82, 2.24) is 5.32 Å². The highest BCUT2D eigenvalue weighted by Crippen LogP contribution is 2.34. The zero-order chi connectivity index (χ0) is 14.7. The Labute approximate surface area is 116 Å². The van der Waals surface area contributed by atoms with Crippen LogP contribution in [-0.4, -0.2) is 34.9 Å². The number of halogens is 5. The molecule has 1 saturated carbocycles. The predicted octanol–water partition coefficient (Wildman–Crippen LogP) is 2.67. The minimum atomic E-state index is -4.73. The lowest BCUT2D eigenvalue weighted by atomic mass is 9.91. The molecule has 0 aliphatic heterocycles. The summed E-state index contributed by atoms with van der Waals surface area (Å²) in [7, 11) is 0. The van der Waals surface area contributed by atoms with Crippen molar-refractivity contribution in [3.05, 3.63) is 0 Å². The van der Waals surface area contributed by atoms with Gasteiger partial charge in [0.1, 0.15) is 5.78 Å². The van der Waals surface area contributed by atoms with Crippen LogP contribution >= 0.6 is 15.9 Å². The van der Waals surface area contributed by atoms with E-state index in [0.29, 0.717) is 25.7 Å². The van der Waals surface area contributed by atoms with E-state index in [4.69, 9.17) is 0 Å². The van der Waals surface area contributed by atoms with Crippen LogP contribution in [0.3, 0.4) is 0 Å². The quantitative estimate of drug-likeness (QED) is 0.593. The molecule has 1 rings (SSSR count). The maximum absolute atomic E-state index is 12.9. The zero-order valence-electron chi connectivity index (χ0n) is 10.0. The maximum atomic E-state index is 12.9. The van der Waals surface area contributed by atoms with Gasteiger partial charge >= 0.3 is 12.3 Å². The van der Waals surface area contributed by atoms with E-state index in [1.165, 1.54) is 0 Å². The molecule has 3 nitrogen and oxygen atoms in total. The first kappa shape index (κ1) is 16.4. The molecule has 0 radical (unpaired) electrons. The van der Waals surface area contributed by atoms with Crippen molar-refractivity contribution in [3.63, 3.8) is 0 Å². The molecule has 0 saturated heterocycles. The van der Waals surface area contributed by atoms with Gasteiger partial charge in [-0.3, -0.25) is 9.59 Å². The van der Waals surface area contributed by atoms with Crippen molar-refractivity contribution in [2.24, 2.45) is 0 Å². The molecule has 0 spiro atoms. The van der Waals surface area contributed by atoms with Crippen molar-refractivity contribution in [1.29, 1.82) is 0 Å². The van der Waals surface area contributed by atoms with E-state index in [-0.39, 0.29) is 17.5 Å². The van der Waals surface area contributed by atoms with Crippen LogP contribution in [0.1, 0.15) is 32.1 Å². The van der Waals surface area contributed by atoms with Crippen LogP contribution in [0.2, 0.25) is 0 Å². The van der Waals surface area contributed by atoms with Gasteiger partial charge in [0, 0.05) is 12.0 Å². The molecule has 0 heterocycles. The van der Waals surface area contributed by atoms with E-state index in [2.05, 4.69) is 15.9 Å². The monoisotopic (exact) mass is 347 g/mol. The molecule has 8 heteroatoms. The van der Waals surface area contributed by atoms with Gasteiger partial charge in [0.15, 0.2) is 0 Å². The third kappa shape index (κ3) is 3.90. The van der Waals surface area contributed by atoms with E-state index >= 15 is 0 Å². The first-order chi connectivity index (χ1) is 8.73. The van der Waals surface area contributed by atoms with Gasteiger partial charge in [0.2, 0.25) is 0 Å². The Kier molecular flexibility index (Phi) is 5.34. The summed E-state index contributed by atoms with van der Waals surface area (Å²) in [5, 5.41) is 2.01. The van der Waals surface area contributed by atoms with Gasteiger partial charge in [-0.15, -0.1) is 0 Å². The largest absolute Gasteiger partial charge is 0.383 e. The molecule has 0 unspecified atom stereocenters. The molecule has 0 aromatic heterocycles. The predicted molar refractivity (Wildman–Crippen MR) is 63.7 cm³/mol. The topological polar surface area (TPSA) is 46.2 Å². The Bertz CT molecular complexity index is 357. The Morgan fingerprint density at radius 3 is 2.21 bits per heavy atom. The highest BCUT2D eigenvalue weighted by atomic mass is 79.9. The number of carbonyl (C=O) groups excluding carboxylic acids is 2. The van der Waals surface area contributed by atoms with Crippen LogP contribution in [0.5, 0.6) is 0 Å². The van der Waals surface area contributed by atoms with E-state index < -0.39 is 23.8 Å². The number of Topliss-reactive ketones (excluding diaryl/α,β-unsaturated/α-hetero) is 1. The first-order valence-corrected chi connectivity index (χ1v) is 6.92. The van der Waals surface area contributed by atoms with Crippen molar-refractivity contribution in [2.45, 2.75) is 50.0 Å². The minimum absolute atomic E-state index is 0.0376. The molecule has 1 aliphatic rings. The highest BCUT2D eigenvalue weighted by Gasteiger charge is 2.51. The lowest BCUT2D eigenvalue weighted by molar-refractivity contribution is -0.171. The number of ketones is 1. The van der Waals surface area contributed by atoms with Crippen LogP contribution in [0, 0.1) is 0 Å². The fourth-order valence-electron chi connectivity index (χ4n) is 2.25. The van der Waals surface area contributed by atoms with Crippen LogP contribution in [0.25, 0.3) is 0 Å². The molecule has 0 aromatic rings. The summed E-state index contributed by atoms with van der Waals surface area (Å²) in [5.74, 6) is -7.00. The normalized spacial score (nSPS) is 18.6. The summed E-state index contributed by atoms with van der Waals surface area (Å²) in [6.45, 7) is 0. The second-order valence-corrected chi connectivity index (χ2v) is 5.28. The molecule has 0 bridgehead atoms. The minimum Gasteiger partial charge on any atom is -0.345 e. The maximum Gasteiger partial charge on any atom is 0.383 e. The molecular weight excluding hydrogens is 334 g/mol. The zero-order valence-corrected chi connectivity index (χ0v) is 11.6. The number of alkyl halides is 5. The summed E-state index contributed by atoms with van der Waals surface area (Å²) >= 11 is 2.94. The summed E-state index contributed by atoms with van der Waals surface area (Å²) in [4.78, 5) is 22.7. The van der Waals surface area contributed by atoms with E-state index in [0.717, 1.165) is 0 Å². The number of carbonyl (C=O) groups is 2. The fraction of sp³-hybridized carbons (Fsp3) is 0.818. The van der Waals surface area contributed by atoms with Crippen LogP contribution < -0.4 is 5.32 Å². The standard InChI is InChI=1S/C11H14BrF4NO2/c12-6-7(18)5-10(3-1-2-4-10)17-9(19)11(15,16)8(13)14/h8H,1-6H2,(H,17,19). The van der Waals surface area contributed by atoms with Crippen molar-refractivity contribution >= 4 is 27.6 Å². The second-order valence-electron chi connectivity index (χ2n) is 4.71. The van der Waals surface area contributed by atoms with Gasteiger partial charge in [0.05, 0.1) is 5.33 Å². The Balaban J connectivity index is 2.79. The number of amides is 1. The summed E-state index contributed by atoms with van der Waals surface area (Å²) in [5.41, 5.74) is -1.11. The van der Waals surface area contributed by atoms with Gasteiger partial charge in [0.25, 0.3) is 5.91 Å². The lowest BCUT2D eigenvalue weighted by Crippen LogP contribution is -2.55. The molecule has 19 heavy (non-hydrogen) atoms. The van der Waals surface area contributed by atoms with Gasteiger partial charge in [-0.05, 0) is 12.8 Å². The Morgan fingerprint density at radius 2 is 1.79 bits per heavy atom. The molecule has 1 fully saturated rings. The van der Waals surface area contributed by atoms with Gasteiger partial charge < -0.3 is 5.32 Å². The molecule has 1 amide bonds. The fourth-order valence-corrected chi connectivity index (χ4v) is 2.44. The average Bonchev–Trinajstić information content (AvgIpc) is 2.76. The molecule has 1 aliphatic carbocycles. The summed E-state index contributed by atoms with van der Waals surface area (Å²) in [6.07, 6.45) is -2.17. The van der Waals surface area contributed by atoms with Gasteiger partial charge in [-0.25, -0.2) is 8.78 Å². The molecule has 110 valence electrons. The van der Waals surface area contributed by atoms with E-state index in [1.54, 1.807) is 0 Å². The number of nitrogens with one attached hydrogen (secondary N) is 1. The van der Waals surface area contributed by atoms with E-state index in [1.807, 2.05) is 5.32 Å². The van der Waals surface area contributed by atoms with Gasteiger partial charge in [-0.2, -0.15) is 8.78 Å². The third-order valence-electron chi connectivity index (χ3n) is 3.20. The SMILES string of the molecule is O=C(CBr)CC1(NC(=O)C(F)(F)C(F)F)CCCC1. The smallest absolute Gasteiger partial charge is 0.345 e. The highest BCUT2D eigenvalue weighted by molar-refractivity contribution is 9.09. The molecule has 0 aromatic carbocycles. The molecule has 1 N–H and O–H groups in total. The summed E-state index contributed by atoms with van der Waals surface area (Å²) < 4.78 is 50.1. The van der Waals surface area contributed by atoms with Crippen LogP contribution in [0.15, 0.2) is 0 Å². The average molecular weight is 348 g/mol. The molecular formula is C11H14BrF4NO2. The molecule has 0 atom stereocenters. The van der Waals surface area contributed by atoms with Crippen LogP contribution in [0.4, 0.5) is 17.6 Å². The first-order valence-electron chi connectivity index (χ1n) is 5.80. The van der Waals surface area contributed by atoms with Gasteiger partial charge in [-0.1, -0.05) is 28.8 Å². The third-order valence-corrected chi connectivity index (χ3v) is 3.83. The number of hydrogen-bond donors (Lipinski definition) is 1. The van der Waals surface area contributed by atoms with Crippen molar-refractivity contribution in [3.8, 4) is 0 Å². The Hall–Kier alpha value is -0.660. The van der Waals surface area contributed by atoms with Crippen molar-refractivity contribution in [2.75, 3.05) is 5.33 Å². The van der Waals surface area contributed by atoms with Crippen molar-refractivity contribution < 1.29 is 27.2 Å². The number of rotatable bonds is 6. The van der Waals surface area contributed by atoms with Crippen LogP contribution in [-0.2, 0) is 9.59 Å². The second kappa shape index (κ2) is 6.19.